The van der Waals surface area contributed by atoms with E-state index in [-0.39, 0.29) is 17.9 Å². The van der Waals surface area contributed by atoms with Crippen molar-refractivity contribution >= 4 is 22.0 Å². The van der Waals surface area contributed by atoms with Gasteiger partial charge in [-0.25, -0.2) is 0 Å². The van der Waals surface area contributed by atoms with Crippen molar-refractivity contribution in [2.45, 2.75) is 38.1 Å². The van der Waals surface area contributed by atoms with Crippen molar-refractivity contribution in [3.8, 4) is 5.75 Å². The lowest BCUT2D eigenvalue weighted by molar-refractivity contribution is -0.146. The summed E-state index contributed by atoms with van der Waals surface area (Å²) in [5, 5.41) is 2.89. The van der Waals surface area contributed by atoms with Crippen LogP contribution in [-0.2, 0) is 15.0 Å². The Morgan fingerprint density at radius 2 is 1.82 bits per heavy atom. The third-order valence-electron chi connectivity index (χ3n) is 7.18. The van der Waals surface area contributed by atoms with E-state index in [1.807, 2.05) is 23.1 Å². The summed E-state index contributed by atoms with van der Waals surface area (Å²) in [5.74, 6) is 0.394. The fraction of sp³-hybridized carbons (Fsp3) is 0.583. The molecule has 2 fully saturated rings. The van der Waals surface area contributed by atoms with Crippen molar-refractivity contribution < 1.29 is 22.7 Å². The van der Waals surface area contributed by atoms with E-state index in [0.29, 0.717) is 63.4 Å². The number of nitrogens with one attached hydrogen (secondary N) is 1. The largest absolute Gasteiger partial charge is 0.491 e. The topological polar surface area (TPSA) is 99.3 Å². The average molecular weight is 491 g/mol. The van der Waals surface area contributed by atoms with Crippen molar-refractivity contribution in [1.29, 1.82) is 0 Å². The number of benzene rings is 1. The summed E-state index contributed by atoms with van der Waals surface area (Å²) in [7, 11) is -0.469. The highest BCUT2D eigenvalue weighted by molar-refractivity contribution is 7.86. The first-order chi connectivity index (χ1) is 16.2. The summed E-state index contributed by atoms with van der Waals surface area (Å²) >= 11 is 0. The van der Waals surface area contributed by atoms with Crippen LogP contribution in [0.4, 0.5) is 0 Å². The molecule has 4 rings (SSSR count). The molecule has 0 bridgehead atoms. The minimum atomic E-state index is -3.52. The van der Waals surface area contributed by atoms with E-state index in [1.165, 1.54) is 22.7 Å². The molecule has 1 spiro atoms. The molecule has 186 valence electrons. The van der Waals surface area contributed by atoms with Crippen LogP contribution < -0.4 is 10.1 Å². The number of fused-ring (bicyclic) bond motifs is 2. The molecule has 0 aromatic heterocycles. The van der Waals surface area contributed by atoms with Gasteiger partial charge in [0.2, 0.25) is 5.91 Å². The number of hydrogen-bond acceptors (Lipinski definition) is 5. The Labute approximate surface area is 201 Å². The van der Waals surface area contributed by atoms with Gasteiger partial charge in [0, 0.05) is 40.3 Å². The number of carbonyl (C=O) groups excluding carboxylic acids is 2. The van der Waals surface area contributed by atoms with Gasteiger partial charge in [-0.1, -0.05) is 24.3 Å². The van der Waals surface area contributed by atoms with Gasteiger partial charge >= 0.3 is 0 Å². The van der Waals surface area contributed by atoms with E-state index in [0.717, 1.165) is 12.8 Å². The minimum Gasteiger partial charge on any atom is -0.491 e. The van der Waals surface area contributed by atoms with Gasteiger partial charge < -0.3 is 15.0 Å². The number of ether oxygens (including phenoxy) is 1. The summed E-state index contributed by atoms with van der Waals surface area (Å²) < 4.78 is 34.0. The molecule has 10 heteroatoms. The molecule has 2 saturated heterocycles. The molecule has 3 heterocycles. The van der Waals surface area contributed by atoms with Crippen molar-refractivity contribution in [2.24, 2.45) is 5.41 Å². The highest BCUT2D eigenvalue weighted by atomic mass is 32.2. The molecule has 0 saturated carbocycles. The maximum Gasteiger partial charge on any atom is 0.281 e. The monoisotopic (exact) mass is 490 g/mol. The van der Waals surface area contributed by atoms with Crippen LogP contribution >= 0.6 is 0 Å². The van der Waals surface area contributed by atoms with Crippen LogP contribution in [0.1, 0.15) is 42.5 Å². The summed E-state index contributed by atoms with van der Waals surface area (Å²) in [6.07, 6.45) is 6.99. The number of para-hydroxylation sites is 1. The van der Waals surface area contributed by atoms with E-state index >= 15 is 0 Å². The number of carbonyl (C=O) groups is 2. The molecule has 2 amide bonds. The molecule has 0 aliphatic carbocycles. The molecule has 1 atom stereocenters. The standard InChI is InChI=1S/C24H34N4O5S/c1-26(2)34(31,32)27-16-12-24(13-17-27)11-5-6-14-25-22(29)20-9-3-4-10-21(20)33-18-19-8-7-15-28(19)23(24)30/h3-6,9-10,19H,7-8,11-18H2,1-2H3,(H,25,29)/b6-5-/t19-/m1/s1. The molecule has 1 aromatic rings. The number of rotatable bonds is 2. The van der Waals surface area contributed by atoms with Gasteiger partial charge in [0.25, 0.3) is 16.1 Å². The van der Waals surface area contributed by atoms with E-state index in [4.69, 9.17) is 4.74 Å². The normalized spacial score (nSPS) is 25.3. The average Bonchev–Trinajstić information content (AvgIpc) is 3.30. The Bertz CT molecular complexity index is 1050. The molecule has 0 unspecified atom stereocenters. The molecular formula is C24H34N4O5S. The van der Waals surface area contributed by atoms with Crippen LogP contribution in [0.5, 0.6) is 5.75 Å². The van der Waals surface area contributed by atoms with Gasteiger partial charge in [-0.05, 0) is 44.2 Å². The Morgan fingerprint density at radius 3 is 2.56 bits per heavy atom. The van der Waals surface area contributed by atoms with E-state index in [9.17, 15) is 18.0 Å². The number of nitrogens with zero attached hydrogens (tertiary/aromatic N) is 3. The molecule has 3 aliphatic rings. The van der Waals surface area contributed by atoms with Crippen LogP contribution in [0, 0.1) is 5.41 Å². The van der Waals surface area contributed by atoms with Crippen LogP contribution in [-0.4, -0.2) is 86.7 Å². The summed E-state index contributed by atoms with van der Waals surface area (Å²) in [6, 6.07) is 7.08. The van der Waals surface area contributed by atoms with Gasteiger partial charge in [0.15, 0.2) is 0 Å². The molecule has 9 nitrogen and oxygen atoms in total. The second-order valence-corrected chi connectivity index (χ2v) is 11.6. The Kier molecular flexibility index (Phi) is 7.30. The van der Waals surface area contributed by atoms with Gasteiger partial charge in [0.1, 0.15) is 12.4 Å². The Morgan fingerprint density at radius 1 is 1.09 bits per heavy atom. The second kappa shape index (κ2) is 10.1. The maximum atomic E-state index is 13.9. The predicted molar refractivity (Wildman–Crippen MR) is 129 cm³/mol. The number of piperidine rings is 1. The smallest absolute Gasteiger partial charge is 0.281 e. The third-order valence-corrected chi connectivity index (χ3v) is 9.12. The highest BCUT2D eigenvalue weighted by Crippen LogP contribution is 2.40. The van der Waals surface area contributed by atoms with Crippen LogP contribution in [0.3, 0.4) is 0 Å². The first kappa shape index (κ1) is 24.7. The van der Waals surface area contributed by atoms with Gasteiger partial charge in [-0.15, -0.1) is 0 Å². The molecule has 34 heavy (non-hydrogen) atoms. The van der Waals surface area contributed by atoms with Crippen molar-refractivity contribution in [3.63, 3.8) is 0 Å². The van der Waals surface area contributed by atoms with Crippen molar-refractivity contribution in [1.82, 2.24) is 18.8 Å². The SMILES string of the molecule is CN(C)S(=O)(=O)N1CCC2(C/C=C\CNC(=O)c3ccccc3OC[C@H]3CCCN3C2=O)CC1. The predicted octanol–water partition coefficient (Wildman–Crippen LogP) is 1.63. The molecular weight excluding hydrogens is 456 g/mol. The number of allylic oxidation sites excluding steroid dienone is 1. The first-order valence-corrected chi connectivity index (χ1v) is 13.3. The molecule has 1 N–H and O–H groups in total. The zero-order valence-corrected chi connectivity index (χ0v) is 20.7. The second-order valence-electron chi connectivity index (χ2n) is 9.46. The lowest BCUT2D eigenvalue weighted by Crippen LogP contribution is -2.54. The highest BCUT2D eigenvalue weighted by Gasteiger charge is 2.47. The number of amides is 2. The lowest BCUT2D eigenvalue weighted by atomic mass is 9.74. The van der Waals surface area contributed by atoms with Crippen LogP contribution in [0.15, 0.2) is 36.4 Å². The number of hydrogen-bond donors (Lipinski definition) is 1. The minimum absolute atomic E-state index is 0.0732. The quantitative estimate of drug-likeness (QED) is 0.636. The van der Waals surface area contributed by atoms with Crippen LogP contribution in [0.25, 0.3) is 0 Å². The summed E-state index contributed by atoms with van der Waals surface area (Å²) in [5.41, 5.74) is -0.182. The van der Waals surface area contributed by atoms with E-state index in [2.05, 4.69) is 5.32 Å². The van der Waals surface area contributed by atoms with Gasteiger partial charge in [-0.3, -0.25) is 9.59 Å². The van der Waals surface area contributed by atoms with Crippen molar-refractivity contribution in [3.05, 3.63) is 42.0 Å². The first-order valence-electron chi connectivity index (χ1n) is 11.9. The van der Waals surface area contributed by atoms with Crippen molar-refractivity contribution in [2.75, 3.05) is 46.9 Å². The lowest BCUT2D eigenvalue weighted by Gasteiger charge is -2.43. The molecule has 1 aromatic carbocycles. The van der Waals surface area contributed by atoms with E-state index < -0.39 is 15.6 Å². The maximum absolute atomic E-state index is 13.9. The van der Waals surface area contributed by atoms with E-state index in [1.54, 1.807) is 18.2 Å². The summed E-state index contributed by atoms with van der Waals surface area (Å²) in [6.45, 7) is 1.94. The Hall–Kier alpha value is -2.43. The zero-order chi connectivity index (χ0) is 24.3. The fourth-order valence-electron chi connectivity index (χ4n) is 5.07. The van der Waals surface area contributed by atoms with Gasteiger partial charge in [0.05, 0.1) is 17.0 Å². The third kappa shape index (κ3) is 4.85. The van der Waals surface area contributed by atoms with Crippen LogP contribution in [0.2, 0.25) is 0 Å². The Balaban J connectivity index is 1.59. The molecule has 3 aliphatic heterocycles. The zero-order valence-electron chi connectivity index (χ0n) is 19.9. The fourth-order valence-corrected chi connectivity index (χ4v) is 6.17. The molecule has 0 radical (unpaired) electrons. The van der Waals surface area contributed by atoms with Gasteiger partial charge in [-0.2, -0.15) is 17.0 Å². The summed E-state index contributed by atoms with van der Waals surface area (Å²) in [4.78, 5) is 28.6.